The van der Waals surface area contributed by atoms with E-state index in [-0.39, 0.29) is 24.0 Å². The molecule has 35 heavy (non-hydrogen) atoms. The van der Waals surface area contributed by atoms with Gasteiger partial charge < -0.3 is 14.8 Å². The second-order valence-electron chi connectivity index (χ2n) is 9.08. The highest BCUT2D eigenvalue weighted by molar-refractivity contribution is 6.32. The number of carbonyl (C=O) groups is 2. The SMILES string of the molecule is CCOc1cc(C2C3=C(CCCC3=O)NC3=C2C(=O)CCC3)cc(Cl)c1OCc1cccc(F)c1. The Morgan fingerprint density at radius 3 is 2.29 bits per heavy atom. The normalized spacial score (nSPS) is 18.3. The highest BCUT2D eigenvalue weighted by Gasteiger charge is 2.40. The molecule has 0 radical (unpaired) electrons. The molecule has 0 amide bonds. The van der Waals surface area contributed by atoms with Crippen molar-refractivity contribution in [2.75, 3.05) is 6.61 Å². The molecule has 2 aromatic rings. The van der Waals surface area contributed by atoms with Gasteiger partial charge in [-0.2, -0.15) is 0 Å². The number of allylic oxidation sites excluding steroid dienone is 4. The molecule has 5 rings (SSSR count). The maximum absolute atomic E-state index is 13.6. The van der Waals surface area contributed by atoms with Crippen molar-refractivity contribution in [1.29, 1.82) is 0 Å². The monoisotopic (exact) mass is 495 g/mol. The summed E-state index contributed by atoms with van der Waals surface area (Å²) in [6, 6.07) is 9.76. The Morgan fingerprint density at radius 2 is 1.66 bits per heavy atom. The van der Waals surface area contributed by atoms with E-state index < -0.39 is 5.92 Å². The van der Waals surface area contributed by atoms with E-state index in [0.717, 1.165) is 42.6 Å². The van der Waals surface area contributed by atoms with Crippen molar-refractivity contribution in [2.45, 2.75) is 58.0 Å². The van der Waals surface area contributed by atoms with Crippen molar-refractivity contribution in [3.63, 3.8) is 0 Å². The minimum atomic E-state index is -0.476. The van der Waals surface area contributed by atoms with Crippen LogP contribution in [0.2, 0.25) is 5.02 Å². The van der Waals surface area contributed by atoms with E-state index in [0.29, 0.717) is 52.7 Å². The van der Waals surface area contributed by atoms with Gasteiger partial charge in [0.1, 0.15) is 12.4 Å². The topological polar surface area (TPSA) is 64.6 Å². The van der Waals surface area contributed by atoms with Gasteiger partial charge in [-0.25, -0.2) is 4.39 Å². The molecule has 0 fully saturated rings. The molecule has 2 aliphatic carbocycles. The van der Waals surface area contributed by atoms with Crippen LogP contribution in [-0.4, -0.2) is 18.2 Å². The van der Waals surface area contributed by atoms with Crippen molar-refractivity contribution in [2.24, 2.45) is 0 Å². The minimum absolute atomic E-state index is 0.0641. The maximum atomic E-state index is 13.6. The molecular formula is C28H27ClFNO4. The predicted molar refractivity (Wildman–Crippen MR) is 131 cm³/mol. The second kappa shape index (κ2) is 9.86. The Bertz CT molecular complexity index is 1220. The second-order valence-corrected chi connectivity index (χ2v) is 9.48. The fourth-order valence-corrected chi connectivity index (χ4v) is 5.53. The van der Waals surface area contributed by atoms with Crippen LogP contribution in [0.1, 0.15) is 62.5 Å². The van der Waals surface area contributed by atoms with Gasteiger partial charge in [0, 0.05) is 41.3 Å². The first kappa shape index (κ1) is 23.6. The number of hydrogen-bond donors (Lipinski definition) is 1. The number of ketones is 2. The molecule has 2 aromatic carbocycles. The smallest absolute Gasteiger partial charge is 0.180 e. The van der Waals surface area contributed by atoms with Gasteiger partial charge in [-0.15, -0.1) is 0 Å². The maximum Gasteiger partial charge on any atom is 0.180 e. The summed E-state index contributed by atoms with van der Waals surface area (Å²) in [6.07, 6.45) is 4.09. The largest absolute Gasteiger partial charge is 0.490 e. The molecule has 1 aliphatic heterocycles. The number of dihydropyridines is 1. The summed E-state index contributed by atoms with van der Waals surface area (Å²) in [5.74, 6) is 0.0923. The van der Waals surface area contributed by atoms with Gasteiger partial charge in [0.25, 0.3) is 0 Å². The number of benzene rings is 2. The molecule has 0 aromatic heterocycles. The summed E-state index contributed by atoms with van der Waals surface area (Å²) >= 11 is 6.71. The predicted octanol–water partition coefficient (Wildman–Crippen LogP) is 6.16. The molecule has 0 saturated carbocycles. The van der Waals surface area contributed by atoms with Crippen molar-refractivity contribution < 1.29 is 23.5 Å². The molecule has 3 aliphatic rings. The van der Waals surface area contributed by atoms with Crippen LogP contribution in [0.4, 0.5) is 4.39 Å². The standard InChI is InChI=1S/C28H27ClFNO4/c1-2-34-24-14-17(13-19(29)28(24)35-15-16-6-3-7-18(30)12-16)25-26-20(8-4-10-22(26)32)31-21-9-5-11-23(33)27(21)25/h3,6-7,12-14,25,31H,2,4-5,8-11,15H2,1H3. The Labute approximate surface area is 208 Å². The van der Waals surface area contributed by atoms with Gasteiger partial charge in [0.05, 0.1) is 11.6 Å². The van der Waals surface area contributed by atoms with Crippen LogP contribution in [0.15, 0.2) is 58.9 Å². The van der Waals surface area contributed by atoms with Gasteiger partial charge in [-0.3, -0.25) is 9.59 Å². The molecule has 0 saturated heterocycles. The quantitative estimate of drug-likeness (QED) is 0.520. The number of rotatable bonds is 6. The third-order valence-electron chi connectivity index (χ3n) is 6.73. The summed E-state index contributed by atoms with van der Waals surface area (Å²) in [4.78, 5) is 26.2. The van der Waals surface area contributed by atoms with Crippen LogP contribution < -0.4 is 14.8 Å². The number of carbonyl (C=O) groups excluding carboxylic acids is 2. The lowest BCUT2D eigenvalue weighted by Gasteiger charge is -2.37. The summed E-state index contributed by atoms with van der Waals surface area (Å²) in [7, 11) is 0. The zero-order valence-corrected chi connectivity index (χ0v) is 20.3. The number of ether oxygens (including phenoxy) is 2. The molecule has 7 heteroatoms. The summed E-state index contributed by atoms with van der Waals surface area (Å²) < 4.78 is 25.4. The van der Waals surface area contributed by atoms with Crippen molar-refractivity contribution >= 4 is 23.2 Å². The zero-order chi connectivity index (χ0) is 24.5. The fraction of sp³-hybridized carbons (Fsp3) is 0.357. The highest BCUT2D eigenvalue weighted by Crippen LogP contribution is 2.48. The van der Waals surface area contributed by atoms with E-state index in [1.165, 1.54) is 12.1 Å². The molecule has 0 atom stereocenters. The van der Waals surface area contributed by atoms with Crippen molar-refractivity contribution in [3.8, 4) is 11.5 Å². The molecule has 0 unspecified atom stereocenters. The van der Waals surface area contributed by atoms with Crippen LogP contribution in [-0.2, 0) is 16.2 Å². The first-order valence-electron chi connectivity index (χ1n) is 12.1. The Kier molecular flexibility index (Phi) is 6.65. The van der Waals surface area contributed by atoms with Gasteiger partial charge in [-0.05, 0) is 68.0 Å². The number of hydrogen-bond acceptors (Lipinski definition) is 5. The molecule has 182 valence electrons. The number of Topliss-reactive ketones (excluding diaryl/α,β-unsaturated/α-hetero) is 2. The lowest BCUT2D eigenvalue weighted by molar-refractivity contribution is -0.117. The summed E-state index contributed by atoms with van der Waals surface area (Å²) in [6.45, 7) is 2.35. The van der Waals surface area contributed by atoms with E-state index in [2.05, 4.69) is 5.32 Å². The van der Waals surface area contributed by atoms with E-state index >= 15 is 0 Å². The first-order chi connectivity index (χ1) is 17.0. The van der Waals surface area contributed by atoms with Crippen LogP contribution in [0.3, 0.4) is 0 Å². The van der Waals surface area contributed by atoms with Crippen LogP contribution in [0, 0.1) is 5.82 Å². The molecule has 0 bridgehead atoms. The highest BCUT2D eigenvalue weighted by atomic mass is 35.5. The number of nitrogens with one attached hydrogen (secondary N) is 1. The Morgan fingerprint density at radius 1 is 0.971 bits per heavy atom. The van der Waals surface area contributed by atoms with Crippen molar-refractivity contribution in [1.82, 2.24) is 5.32 Å². The van der Waals surface area contributed by atoms with Crippen LogP contribution in [0.5, 0.6) is 11.5 Å². The Balaban J connectivity index is 1.57. The van der Waals surface area contributed by atoms with E-state index in [9.17, 15) is 14.0 Å². The molecule has 0 spiro atoms. The first-order valence-corrected chi connectivity index (χ1v) is 12.5. The van der Waals surface area contributed by atoms with Crippen LogP contribution >= 0.6 is 11.6 Å². The fourth-order valence-electron chi connectivity index (χ4n) is 5.26. The van der Waals surface area contributed by atoms with Crippen LogP contribution in [0.25, 0.3) is 0 Å². The van der Waals surface area contributed by atoms with E-state index in [1.807, 2.05) is 13.0 Å². The lowest BCUT2D eigenvalue weighted by Crippen LogP contribution is -2.36. The van der Waals surface area contributed by atoms with E-state index in [1.54, 1.807) is 18.2 Å². The van der Waals surface area contributed by atoms with E-state index in [4.69, 9.17) is 21.1 Å². The zero-order valence-electron chi connectivity index (χ0n) is 19.6. The summed E-state index contributed by atoms with van der Waals surface area (Å²) in [5, 5.41) is 3.74. The van der Waals surface area contributed by atoms with Gasteiger partial charge in [0.2, 0.25) is 0 Å². The average molecular weight is 496 g/mol. The average Bonchev–Trinajstić information content (AvgIpc) is 2.83. The third kappa shape index (κ3) is 4.59. The summed E-state index contributed by atoms with van der Waals surface area (Å²) in [5.41, 5.74) is 4.56. The van der Waals surface area contributed by atoms with Crippen molar-refractivity contribution in [3.05, 3.63) is 80.9 Å². The number of halogens is 2. The lowest BCUT2D eigenvalue weighted by atomic mass is 9.71. The minimum Gasteiger partial charge on any atom is -0.490 e. The third-order valence-corrected chi connectivity index (χ3v) is 7.01. The van der Waals surface area contributed by atoms with Gasteiger partial charge >= 0.3 is 0 Å². The van der Waals surface area contributed by atoms with Gasteiger partial charge in [0.15, 0.2) is 23.1 Å². The molecule has 1 N–H and O–H groups in total. The molecule has 1 heterocycles. The molecule has 5 nitrogen and oxygen atoms in total. The Hall–Kier alpha value is -3.12. The van der Waals surface area contributed by atoms with Gasteiger partial charge in [-0.1, -0.05) is 23.7 Å². The molecular weight excluding hydrogens is 469 g/mol.